The Morgan fingerprint density at radius 2 is 2.00 bits per heavy atom. The smallest absolute Gasteiger partial charge is 0.261 e. The van der Waals surface area contributed by atoms with Gasteiger partial charge in [0.25, 0.3) is 11.5 Å². The molecule has 3 aromatic rings. The number of carbonyl (C=O) groups excluding carboxylic acids is 1. The van der Waals surface area contributed by atoms with Crippen LogP contribution in [0.4, 0.5) is 5.69 Å². The maximum Gasteiger partial charge on any atom is 0.261 e. The van der Waals surface area contributed by atoms with Crippen molar-refractivity contribution in [1.29, 1.82) is 5.26 Å². The van der Waals surface area contributed by atoms with Gasteiger partial charge in [0.2, 0.25) is 0 Å². The number of hydrogen-bond donors (Lipinski definition) is 2. The molecule has 6 nitrogen and oxygen atoms in total. The van der Waals surface area contributed by atoms with E-state index in [1.165, 1.54) is 4.57 Å². The number of aromatic nitrogens is 2. The summed E-state index contributed by atoms with van der Waals surface area (Å²) in [6.45, 7) is 0. The van der Waals surface area contributed by atoms with Crippen molar-refractivity contribution < 1.29 is 4.79 Å². The molecule has 3 rings (SSSR count). The van der Waals surface area contributed by atoms with Crippen molar-refractivity contribution in [3.8, 4) is 6.07 Å². The lowest BCUT2D eigenvalue weighted by molar-refractivity contribution is 0.102. The zero-order chi connectivity index (χ0) is 18.0. The van der Waals surface area contributed by atoms with Gasteiger partial charge in [-0.25, -0.2) is 0 Å². The number of anilines is 1. The number of aromatic amines is 1. The minimum absolute atomic E-state index is 0.209. The molecule has 0 spiro atoms. The SMILES string of the molecule is Cn1c(=S)[nH]c2cc(C(=O)Nc3ccc(CC#N)cc3)ccc2c1=O. The number of nitriles is 1. The molecule has 1 aromatic heterocycles. The number of nitrogens with one attached hydrogen (secondary N) is 2. The van der Waals surface area contributed by atoms with Crippen LogP contribution >= 0.6 is 12.2 Å². The first-order chi connectivity index (χ1) is 12.0. The van der Waals surface area contributed by atoms with Crippen LogP contribution in [0, 0.1) is 16.1 Å². The van der Waals surface area contributed by atoms with Gasteiger partial charge in [0.05, 0.1) is 23.4 Å². The normalized spacial score (nSPS) is 10.4. The first kappa shape index (κ1) is 16.6. The van der Waals surface area contributed by atoms with Crippen molar-refractivity contribution in [2.24, 2.45) is 7.05 Å². The van der Waals surface area contributed by atoms with E-state index in [1.807, 2.05) is 0 Å². The van der Waals surface area contributed by atoms with E-state index in [4.69, 9.17) is 17.5 Å². The van der Waals surface area contributed by atoms with Gasteiger partial charge in [-0.3, -0.25) is 14.2 Å². The Morgan fingerprint density at radius 3 is 2.68 bits per heavy atom. The Hall–Kier alpha value is -3.24. The average Bonchev–Trinajstić information content (AvgIpc) is 2.61. The van der Waals surface area contributed by atoms with E-state index < -0.39 is 0 Å². The summed E-state index contributed by atoms with van der Waals surface area (Å²) < 4.78 is 1.64. The summed E-state index contributed by atoms with van der Waals surface area (Å²) in [5, 5.41) is 11.9. The molecule has 124 valence electrons. The van der Waals surface area contributed by atoms with Crippen LogP contribution in [-0.4, -0.2) is 15.5 Å². The van der Waals surface area contributed by atoms with E-state index in [1.54, 1.807) is 49.5 Å². The van der Waals surface area contributed by atoms with Crippen LogP contribution in [0.2, 0.25) is 0 Å². The van der Waals surface area contributed by atoms with Gasteiger partial charge in [-0.2, -0.15) is 5.26 Å². The van der Waals surface area contributed by atoms with Crippen molar-refractivity contribution in [2.45, 2.75) is 6.42 Å². The minimum atomic E-state index is -0.296. The molecule has 1 heterocycles. The van der Waals surface area contributed by atoms with Crippen LogP contribution in [-0.2, 0) is 13.5 Å². The molecule has 0 unspecified atom stereocenters. The van der Waals surface area contributed by atoms with E-state index >= 15 is 0 Å². The molecule has 2 N–H and O–H groups in total. The lowest BCUT2D eigenvalue weighted by Gasteiger charge is -2.08. The molecule has 0 atom stereocenters. The molecule has 0 saturated carbocycles. The van der Waals surface area contributed by atoms with E-state index in [0.29, 0.717) is 33.3 Å². The van der Waals surface area contributed by atoms with Crippen LogP contribution in [0.3, 0.4) is 0 Å². The minimum Gasteiger partial charge on any atom is -0.332 e. The van der Waals surface area contributed by atoms with Gasteiger partial charge in [0.1, 0.15) is 0 Å². The van der Waals surface area contributed by atoms with Gasteiger partial charge in [0.15, 0.2) is 4.77 Å². The quantitative estimate of drug-likeness (QED) is 0.711. The number of H-pyrrole nitrogens is 1. The molecule has 2 aromatic carbocycles. The molecule has 0 saturated heterocycles. The Balaban J connectivity index is 1.90. The highest BCUT2D eigenvalue weighted by Crippen LogP contribution is 2.14. The Bertz CT molecular complexity index is 1120. The molecule has 0 aliphatic heterocycles. The summed E-state index contributed by atoms with van der Waals surface area (Å²) in [5.41, 5.74) is 2.23. The molecule has 0 aliphatic rings. The zero-order valence-corrected chi connectivity index (χ0v) is 14.2. The summed E-state index contributed by atoms with van der Waals surface area (Å²) >= 11 is 5.10. The standard InChI is InChI=1S/C18H14N4O2S/c1-22-17(24)14-7-4-12(10-15(14)21-18(22)25)16(23)20-13-5-2-11(3-6-13)8-9-19/h2-7,10H,8H2,1H3,(H,20,23)(H,21,25). The topological polar surface area (TPSA) is 90.7 Å². The first-order valence-electron chi connectivity index (χ1n) is 7.50. The summed E-state index contributed by atoms with van der Waals surface area (Å²) in [7, 11) is 1.59. The van der Waals surface area contributed by atoms with Gasteiger partial charge in [-0.1, -0.05) is 12.1 Å². The van der Waals surface area contributed by atoms with Gasteiger partial charge in [-0.05, 0) is 48.1 Å². The molecular weight excluding hydrogens is 336 g/mol. The van der Waals surface area contributed by atoms with Crippen molar-refractivity contribution in [2.75, 3.05) is 5.32 Å². The second-order valence-electron chi connectivity index (χ2n) is 5.54. The van der Waals surface area contributed by atoms with Crippen molar-refractivity contribution in [3.05, 3.63) is 68.7 Å². The molecule has 7 heteroatoms. The Morgan fingerprint density at radius 1 is 1.28 bits per heavy atom. The molecular formula is C18H14N4O2S. The predicted molar refractivity (Wildman–Crippen MR) is 98.1 cm³/mol. The van der Waals surface area contributed by atoms with Crippen molar-refractivity contribution in [1.82, 2.24) is 9.55 Å². The highest BCUT2D eigenvalue weighted by Gasteiger charge is 2.10. The number of benzene rings is 2. The predicted octanol–water partition coefficient (Wildman–Crippen LogP) is 2.91. The fourth-order valence-electron chi connectivity index (χ4n) is 2.45. The lowest BCUT2D eigenvalue weighted by atomic mass is 10.1. The van der Waals surface area contributed by atoms with Crippen LogP contribution in [0.25, 0.3) is 10.9 Å². The van der Waals surface area contributed by atoms with Crippen LogP contribution in [0.5, 0.6) is 0 Å². The second-order valence-corrected chi connectivity index (χ2v) is 5.93. The fourth-order valence-corrected chi connectivity index (χ4v) is 2.64. The number of rotatable bonds is 3. The lowest BCUT2D eigenvalue weighted by Crippen LogP contribution is -2.19. The molecule has 0 bridgehead atoms. The van der Waals surface area contributed by atoms with Gasteiger partial charge in [-0.15, -0.1) is 0 Å². The van der Waals surface area contributed by atoms with E-state index in [9.17, 15) is 9.59 Å². The highest BCUT2D eigenvalue weighted by atomic mass is 32.1. The third kappa shape index (κ3) is 3.34. The van der Waals surface area contributed by atoms with E-state index in [2.05, 4.69) is 16.4 Å². The number of hydrogen-bond acceptors (Lipinski definition) is 4. The Labute approximate surface area is 148 Å². The third-order valence-electron chi connectivity index (χ3n) is 3.86. The van der Waals surface area contributed by atoms with Gasteiger partial charge in [0, 0.05) is 18.3 Å². The maximum atomic E-state index is 12.4. The molecule has 0 radical (unpaired) electrons. The number of nitrogens with zero attached hydrogens (tertiary/aromatic N) is 2. The van der Waals surface area contributed by atoms with E-state index in [0.717, 1.165) is 5.56 Å². The van der Waals surface area contributed by atoms with Crippen LogP contribution in [0.15, 0.2) is 47.3 Å². The van der Waals surface area contributed by atoms with Gasteiger partial charge >= 0.3 is 0 Å². The summed E-state index contributed by atoms with van der Waals surface area (Å²) in [6.07, 6.45) is 0.326. The second kappa shape index (κ2) is 6.71. The number of amides is 1. The number of carbonyl (C=O) groups is 1. The zero-order valence-electron chi connectivity index (χ0n) is 13.4. The molecule has 0 aliphatic carbocycles. The summed E-state index contributed by atoms with van der Waals surface area (Å²) in [6, 6.07) is 14.0. The largest absolute Gasteiger partial charge is 0.332 e. The highest BCUT2D eigenvalue weighted by molar-refractivity contribution is 7.71. The number of fused-ring (bicyclic) bond motifs is 1. The summed E-state index contributed by atoms with van der Waals surface area (Å²) in [5.74, 6) is -0.296. The maximum absolute atomic E-state index is 12.4. The van der Waals surface area contributed by atoms with Crippen molar-refractivity contribution in [3.63, 3.8) is 0 Å². The summed E-state index contributed by atoms with van der Waals surface area (Å²) in [4.78, 5) is 27.5. The molecule has 1 amide bonds. The fraction of sp³-hybridized carbons (Fsp3) is 0.111. The Kier molecular flexibility index (Phi) is 4.46. The van der Waals surface area contributed by atoms with E-state index in [-0.39, 0.29) is 11.5 Å². The first-order valence-corrected chi connectivity index (χ1v) is 7.91. The van der Waals surface area contributed by atoms with Crippen molar-refractivity contribution >= 4 is 34.7 Å². The molecule has 25 heavy (non-hydrogen) atoms. The average molecular weight is 350 g/mol. The monoisotopic (exact) mass is 350 g/mol. The van der Waals surface area contributed by atoms with Crippen LogP contribution in [0.1, 0.15) is 15.9 Å². The van der Waals surface area contributed by atoms with Crippen LogP contribution < -0.4 is 10.9 Å². The van der Waals surface area contributed by atoms with Gasteiger partial charge < -0.3 is 10.3 Å². The molecule has 0 fully saturated rings. The third-order valence-corrected chi connectivity index (χ3v) is 4.23.